The van der Waals surface area contributed by atoms with Crippen molar-refractivity contribution >= 4 is 68.0 Å². The Kier molecular flexibility index (Phi) is 8.19. The second kappa shape index (κ2) is 11.5. The van der Waals surface area contributed by atoms with Gasteiger partial charge in [0, 0.05) is 31.0 Å². The molecule has 4 nitrogen and oxygen atoms in total. The molecule has 2 N–H and O–H groups in total. The Morgan fingerprint density at radius 3 is 1.38 bits per heavy atom. The molecule has 0 aliphatic carbocycles. The normalized spacial score (nSPS) is 10.5. The summed E-state index contributed by atoms with van der Waals surface area (Å²) >= 11 is 12.0. The summed E-state index contributed by atoms with van der Waals surface area (Å²) in [7, 11) is 2.97. The molecule has 0 bridgehead atoms. The van der Waals surface area contributed by atoms with E-state index < -0.39 is 0 Å². The zero-order valence-electron chi connectivity index (χ0n) is 17.6. The molecular weight excluding hydrogens is 507 g/mol. The van der Waals surface area contributed by atoms with E-state index in [4.69, 9.17) is 23.2 Å². The number of hydrogen-bond donors (Lipinski definition) is 2. The van der Waals surface area contributed by atoms with Crippen LogP contribution >= 0.6 is 44.8 Å². The average molecular weight is 525 g/mol. The predicted octanol–water partition coefficient (Wildman–Crippen LogP) is 8.30. The van der Waals surface area contributed by atoms with Crippen LogP contribution in [-0.2, 0) is 0 Å². The first-order valence-electron chi connectivity index (χ1n) is 10.2. The first kappa shape index (κ1) is 24.2. The summed E-state index contributed by atoms with van der Waals surface area (Å²) in [5, 5.41) is 6.90. The highest BCUT2D eigenvalue weighted by molar-refractivity contribution is 8.76. The van der Waals surface area contributed by atoms with E-state index in [9.17, 15) is 9.59 Å². The highest BCUT2D eigenvalue weighted by Crippen LogP contribution is 2.43. The lowest BCUT2D eigenvalue weighted by molar-refractivity contribution is 0.101. The minimum atomic E-state index is -0.241. The molecule has 4 aromatic rings. The van der Waals surface area contributed by atoms with Gasteiger partial charge in [-0.1, -0.05) is 81.2 Å². The van der Waals surface area contributed by atoms with Crippen LogP contribution in [0.1, 0.15) is 20.7 Å². The van der Waals surface area contributed by atoms with Gasteiger partial charge in [0.1, 0.15) is 0 Å². The SMILES string of the molecule is O=C(Nc1ccccc1SSc1ccccc1NC(=O)c1cccc(Cl)c1)c1cccc(Cl)c1. The van der Waals surface area contributed by atoms with Gasteiger partial charge in [0.15, 0.2) is 0 Å². The van der Waals surface area contributed by atoms with Crippen LogP contribution in [-0.4, -0.2) is 11.8 Å². The van der Waals surface area contributed by atoms with Gasteiger partial charge in [0.25, 0.3) is 11.8 Å². The van der Waals surface area contributed by atoms with Crippen molar-refractivity contribution in [1.29, 1.82) is 0 Å². The van der Waals surface area contributed by atoms with Crippen molar-refractivity contribution in [2.24, 2.45) is 0 Å². The third-order valence-electron chi connectivity index (χ3n) is 4.67. The molecule has 0 aromatic heterocycles. The fourth-order valence-electron chi connectivity index (χ4n) is 3.02. The average Bonchev–Trinajstić information content (AvgIpc) is 2.84. The summed E-state index contributed by atoms with van der Waals surface area (Å²) in [5.74, 6) is -0.482. The standard InChI is InChI=1S/C26H18Cl2N2O2S2/c27-19-9-5-7-17(15-19)25(31)29-21-11-1-3-13-23(21)33-34-24-14-4-2-12-22(24)30-26(32)18-8-6-10-20(28)16-18/h1-16H,(H,29,31)(H,30,32). The van der Waals surface area contributed by atoms with Gasteiger partial charge >= 0.3 is 0 Å². The lowest BCUT2D eigenvalue weighted by atomic mass is 10.2. The van der Waals surface area contributed by atoms with Crippen LogP contribution in [0.15, 0.2) is 107 Å². The van der Waals surface area contributed by atoms with E-state index in [1.54, 1.807) is 48.5 Å². The molecule has 0 saturated carbocycles. The Balaban J connectivity index is 1.47. The van der Waals surface area contributed by atoms with Gasteiger partial charge in [-0.3, -0.25) is 9.59 Å². The second-order valence-corrected chi connectivity index (χ2v) is 10.2. The Hall–Kier alpha value is -2.90. The number of nitrogens with one attached hydrogen (secondary N) is 2. The Morgan fingerprint density at radius 1 is 0.559 bits per heavy atom. The molecule has 2 amide bonds. The van der Waals surface area contributed by atoms with Crippen molar-refractivity contribution in [2.45, 2.75) is 9.79 Å². The van der Waals surface area contributed by atoms with Crippen LogP contribution in [0.3, 0.4) is 0 Å². The summed E-state index contributed by atoms with van der Waals surface area (Å²) in [4.78, 5) is 27.1. The minimum absolute atomic E-state index is 0.241. The van der Waals surface area contributed by atoms with Crippen LogP contribution in [0, 0.1) is 0 Å². The van der Waals surface area contributed by atoms with Gasteiger partial charge in [-0.2, -0.15) is 0 Å². The molecular formula is C26H18Cl2N2O2S2. The first-order valence-corrected chi connectivity index (χ1v) is 13.1. The van der Waals surface area contributed by atoms with Gasteiger partial charge in [0.05, 0.1) is 11.4 Å². The van der Waals surface area contributed by atoms with E-state index in [-0.39, 0.29) is 11.8 Å². The summed E-state index contributed by atoms with van der Waals surface area (Å²) < 4.78 is 0. The zero-order chi connectivity index (χ0) is 23.9. The quantitative estimate of drug-likeness (QED) is 0.238. The topological polar surface area (TPSA) is 58.2 Å². The molecule has 8 heteroatoms. The fraction of sp³-hybridized carbons (Fsp3) is 0. The minimum Gasteiger partial charge on any atom is -0.321 e. The first-order chi connectivity index (χ1) is 16.5. The van der Waals surface area contributed by atoms with Crippen LogP contribution in [0.4, 0.5) is 11.4 Å². The number of rotatable bonds is 7. The van der Waals surface area contributed by atoms with Gasteiger partial charge in [0.2, 0.25) is 0 Å². The maximum absolute atomic E-state index is 12.7. The number of para-hydroxylation sites is 2. The fourth-order valence-corrected chi connectivity index (χ4v) is 5.68. The van der Waals surface area contributed by atoms with Crippen molar-refractivity contribution in [3.63, 3.8) is 0 Å². The van der Waals surface area contributed by atoms with Crippen molar-refractivity contribution in [2.75, 3.05) is 10.6 Å². The number of halogens is 2. The predicted molar refractivity (Wildman–Crippen MR) is 143 cm³/mol. The van der Waals surface area contributed by atoms with E-state index in [1.165, 1.54) is 21.6 Å². The molecule has 170 valence electrons. The number of benzene rings is 4. The molecule has 4 rings (SSSR count). The van der Waals surface area contributed by atoms with Crippen LogP contribution in [0.5, 0.6) is 0 Å². The second-order valence-electron chi connectivity index (χ2n) is 7.09. The summed E-state index contributed by atoms with van der Waals surface area (Å²) in [5.41, 5.74) is 2.33. The molecule has 0 fully saturated rings. The highest BCUT2D eigenvalue weighted by atomic mass is 35.5. The van der Waals surface area contributed by atoms with Gasteiger partial charge in [-0.25, -0.2) is 0 Å². The number of carbonyl (C=O) groups is 2. The molecule has 0 spiro atoms. The largest absolute Gasteiger partial charge is 0.321 e. The van der Waals surface area contributed by atoms with Gasteiger partial charge < -0.3 is 10.6 Å². The lowest BCUT2D eigenvalue weighted by Crippen LogP contribution is -2.12. The molecule has 0 aliphatic rings. The molecule has 0 radical (unpaired) electrons. The number of anilines is 2. The summed E-state index contributed by atoms with van der Waals surface area (Å²) in [6.07, 6.45) is 0. The van der Waals surface area contributed by atoms with Gasteiger partial charge in [-0.15, -0.1) is 0 Å². The van der Waals surface area contributed by atoms with E-state index in [0.29, 0.717) is 32.5 Å². The lowest BCUT2D eigenvalue weighted by Gasteiger charge is -2.13. The summed E-state index contributed by atoms with van der Waals surface area (Å²) in [6.45, 7) is 0. The van der Waals surface area contributed by atoms with Gasteiger partial charge in [-0.05, 0) is 60.7 Å². The van der Waals surface area contributed by atoms with E-state index >= 15 is 0 Å². The maximum Gasteiger partial charge on any atom is 0.255 e. The Bertz CT molecular complexity index is 1240. The number of carbonyl (C=O) groups excluding carboxylic acids is 2. The monoisotopic (exact) mass is 524 g/mol. The molecule has 0 unspecified atom stereocenters. The van der Waals surface area contributed by atoms with E-state index in [1.807, 2.05) is 48.5 Å². The molecule has 34 heavy (non-hydrogen) atoms. The van der Waals surface area contributed by atoms with E-state index in [2.05, 4.69) is 10.6 Å². The molecule has 0 aliphatic heterocycles. The third-order valence-corrected chi connectivity index (χ3v) is 7.62. The smallest absolute Gasteiger partial charge is 0.255 e. The van der Waals surface area contributed by atoms with E-state index in [0.717, 1.165) is 9.79 Å². The highest BCUT2D eigenvalue weighted by Gasteiger charge is 2.13. The van der Waals surface area contributed by atoms with Crippen molar-refractivity contribution < 1.29 is 9.59 Å². The molecule has 4 aromatic carbocycles. The van der Waals surface area contributed by atoms with Crippen molar-refractivity contribution in [1.82, 2.24) is 0 Å². The number of hydrogen-bond acceptors (Lipinski definition) is 4. The van der Waals surface area contributed by atoms with Crippen LogP contribution in [0.25, 0.3) is 0 Å². The Morgan fingerprint density at radius 2 is 0.971 bits per heavy atom. The van der Waals surface area contributed by atoms with Crippen LogP contribution in [0.2, 0.25) is 10.0 Å². The van der Waals surface area contributed by atoms with Crippen LogP contribution < -0.4 is 10.6 Å². The van der Waals surface area contributed by atoms with Crippen molar-refractivity contribution in [3.05, 3.63) is 118 Å². The maximum atomic E-state index is 12.7. The molecule has 0 atom stereocenters. The molecule has 0 heterocycles. The Labute approximate surface area is 215 Å². The summed E-state index contributed by atoms with van der Waals surface area (Å²) in [6, 6.07) is 28.7. The zero-order valence-corrected chi connectivity index (χ0v) is 20.8. The van der Waals surface area contributed by atoms with Crippen molar-refractivity contribution in [3.8, 4) is 0 Å². The molecule has 0 saturated heterocycles. The third kappa shape index (κ3) is 6.36. The number of amides is 2.